The molecule has 20 heavy (non-hydrogen) atoms. The predicted octanol–water partition coefficient (Wildman–Crippen LogP) is 3.52. The van der Waals surface area contributed by atoms with Gasteiger partial charge in [-0.15, -0.1) is 0 Å². The van der Waals surface area contributed by atoms with Crippen LogP contribution in [0.25, 0.3) is 0 Å². The van der Waals surface area contributed by atoms with Gasteiger partial charge in [0.05, 0.1) is 0 Å². The normalized spacial score (nSPS) is 17.6. The van der Waals surface area contributed by atoms with Crippen LogP contribution in [-0.2, 0) is 4.79 Å². The molecular weight excluding hydrogens is 250 g/mol. The molecule has 3 heteroatoms. The Morgan fingerprint density at radius 1 is 1.25 bits per heavy atom. The van der Waals surface area contributed by atoms with E-state index in [1.807, 2.05) is 32.9 Å². The van der Waals surface area contributed by atoms with Crippen LogP contribution in [0, 0.1) is 13.8 Å². The number of benzene rings is 1. The number of hydrogen-bond acceptors (Lipinski definition) is 2. The van der Waals surface area contributed by atoms with Gasteiger partial charge in [0.15, 0.2) is 6.10 Å². The summed E-state index contributed by atoms with van der Waals surface area (Å²) in [5.74, 6) is 0.800. The number of nitrogens with one attached hydrogen (secondary N) is 1. The van der Waals surface area contributed by atoms with E-state index in [0.717, 1.165) is 29.7 Å². The molecule has 1 N–H and O–H groups in total. The van der Waals surface area contributed by atoms with Gasteiger partial charge in [0, 0.05) is 6.04 Å². The molecule has 110 valence electrons. The first-order valence-corrected chi connectivity index (χ1v) is 7.60. The zero-order chi connectivity index (χ0) is 14.5. The van der Waals surface area contributed by atoms with E-state index in [-0.39, 0.29) is 5.91 Å². The van der Waals surface area contributed by atoms with E-state index in [1.54, 1.807) is 0 Å². The fourth-order valence-electron chi connectivity index (χ4n) is 2.64. The quantitative estimate of drug-likeness (QED) is 0.913. The van der Waals surface area contributed by atoms with Crippen LogP contribution in [0.5, 0.6) is 5.75 Å². The molecule has 1 aromatic carbocycles. The Hall–Kier alpha value is -1.51. The summed E-state index contributed by atoms with van der Waals surface area (Å²) in [6.45, 7) is 5.85. The van der Waals surface area contributed by atoms with Crippen molar-refractivity contribution >= 4 is 5.91 Å². The van der Waals surface area contributed by atoms with Crippen LogP contribution >= 0.6 is 0 Å². The third-order valence-electron chi connectivity index (χ3n) is 3.97. The van der Waals surface area contributed by atoms with Crippen molar-refractivity contribution in [1.82, 2.24) is 5.32 Å². The topological polar surface area (TPSA) is 38.3 Å². The van der Waals surface area contributed by atoms with Gasteiger partial charge < -0.3 is 10.1 Å². The molecular formula is C17H25NO2. The van der Waals surface area contributed by atoms with Gasteiger partial charge in [-0.25, -0.2) is 0 Å². The fraction of sp³-hybridized carbons (Fsp3) is 0.588. The number of rotatable bonds is 4. The standard InChI is InChI=1S/C17H25NO2/c1-12-9-10-13(2)16(11-12)20-14(3)17(19)18-15-7-5-4-6-8-15/h9-11,14-15H,4-8H2,1-3H3,(H,18,19)/t14-/m1/s1. The molecule has 1 aromatic rings. The zero-order valence-corrected chi connectivity index (χ0v) is 12.7. The highest BCUT2D eigenvalue weighted by Gasteiger charge is 2.21. The molecule has 1 aliphatic rings. The fourth-order valence-corrected chi connectivity index (χ4v) is 2.64. The Morgan fingerprint density at radius 2 is 1.95 bits per heavy atom. The average molecular weight is 275 g/mol. The molecule has 1 atom stereocenters. The predicted molar refractivity (Wildman–Crippen MR) is 81.0 cm³/mol. The van der Waals surface area contributed by atoms with Gasteiger partial charge in [0.2, 0.25) is 0 Å². The van der Waals surface area contributed by atoms with E-state index < -0.39 is 6.10 Å². The van der Waals surface area contributed by atoms with Gasteiger partial charge >= 0.3 is 0 Å². The summed E-state index contributed by atoms with van der Waals surface area (Å²) in [7, 11) is 0. The Balaban J connectivity index is 1.91. The summed E-state index contributed by atoms with van der Waals surface area (Å²) in [4.78, 5) is 12.2. The van der Waals surface area contributed by atoms with Crippen LogP contribution in [0.15, 0.2) is 18.2 Å². The van der Waals surface area contributed by atoms with E-state index in [1.165, 1.54) is 19.3 Å². The second kappa shape index (κ2) is 6.78. The molecule has 0 aromatic heterocycles. The van der Waals surface area contributed by atoms with Crippen LogP contribution in [0.3, 0.4) is 0 Å². The molecule has 0 heterocycles. The Morgan fingerprint density at radius 3 is 2.65 bits per heavy atom. The SMILES string of the molecule is Cc1ccc(C)c(O[C@H](C)C(=O)NC2CCCCC2)c1. The first-order chi connectivity index (χ1) is 9.56. The maximum absolute atomic E-state index is 12.2. The summed E-state index contributed by atoms with van der Waals surface area (Å²) >= 11 is 0. The molecule has 1 fully saturated rings. The van der Waals surface area contributed by atoms with E-state index in [9.17, 15) is 4.79 Å². The largest absolute Gasteiger partial charge is 0.481 e. The monoisotopic (exact) mass is 275 g/mol. The Labute approximate surface area is 121 Å². The van der Waals surface area contributed by atoms with Gasteiger partial charge in [0.25, 0.3) is 5.91 Å². The van der Waals surface area contributed by atoms with Gasteiger partial charge in [-0.2, -0.15) is 0 Å². The molecule has 1 aliphatic carbocycles. The molecule has 0 saturated heterocycles. The number of hydrogen-bond donors (Lipinski definition) is 1. The summed E-state index contributed by atoms with van der Waals surface area (Å²) in [5, 5.41) is 3.11. The van der Waals surface area contributed by atoms with Crippen molar-refractivity contribution < 1.29 is 9.53 Å². The van der Waals surface area contributed by atoms with Crippen LogP contribution < -0.4 is 10.1 Å². The molecule has 0 aliphatic heterocycles. The number of aryl methyl sites for hydroxylation is 2. The van der Waals surface area contributed by atoms with Crippen molar-refractivity contribution in [1.29, 1.82) is 0 Å². The zero-order valence-electron chi connectivity index (χ0n) is 12.7. The molecule has 3 nitrogen and oxygen atoms in total. The van der Waals surface area contributed by atoms with Gasteiger partial charge in [-0.3, -0.25) is 4.79 Å². The highest BCUT2D eigenvalue weighted by Crippen LogP contribution is 2.21. The van der Waals surface area contributed by atoms with Crippen molar-refractivity contribution in [2.75, 3.05) is 0 Å². The first-order valence-electron chi connectivity index (χ1n) is 7.60. The van der Waals surface area contributed by atoms with Crippen molar-refractivity contribution in [2.24, 2.45) is 0 Å². The minimum Gasteiger partial charge on any atom is -0.481 e. The lowest BCUT2D eigenvalue weighted by molar-refractivity contribution is -0.128. The Kier molecular flexibility index (Phi) is 5.05. The second-order valence-electron chi connectivity index (χ2n) is 5.87. The maximum Gasteiger partial charge on any atom is 0.260 e. The molecule has 0 spiro atoms. The van der Waals surface area contributed by atoms with Gasteiger partial charge in [-0.05, 0) is 50.8 Å². The first kappa shape index (κ1) is 14.9. The van der Waals surface area contributed by atoms with E-state index in [2.05, 4.69) is 11.4 Å². The summed E-state index contributed by atoms with van der Waals surface area (Å²) in [6.07, 6.45) is 5.48. The summed E-state index contributed by atoms with van der Waals surface area (Å²) in [6, 6.07) is 6.39. The van der Waals surface area contributed by atoms with Gasteiger partial charge in [-0.1, -0.05) is 31.4 Å². The van der Waals surface area contributed by atoms with Crippen molar-refractivity contribution in [2.45, 2.75) is 65.0 Å². The average Bonchev–Trinajstić information content (AvgIpc) is 2.44. The van der Waals surface area contributed by atoms with E-state index >= 15 is 0 Å². The second-order valence-corrected chi connectivity index (χ2v) is 5.87. The highest BCUT2D eigenvalue weighted by molar-refractivity contribution is 5.81. The van der Waals surface area contributed by atoms with Crippen molar-refractivity contribution in [3.63, 3.8) is 0 Å². The van der Waals surface area contributed by atoms with Crippen LogP contribution in [0.4, 0.5) is 0 Å². The lowest BCUT2D eigenvalue weighted by Gasteiger charge is -2.25. The number of carbonyl (C=O) groups is 1. The number of carbonyl (C=O) groups excluding carboxylic acids is 1. The van der Waals surface area contributed by atoms with E-state index in [0.29, 0.717) is 6.04 Å². The molecule has 0 bridgehead atoms. The molecule has 1 saturated carbocycles. The summed E-state index contributed by atoms with van der Waals surface area (Å²) in [5.41, 5.74) is 2.21. The van der Waals surface area contributed by atoms with E-state index in [4.69, 9.17) is 4.74 Å². The van der Waals surface area contributed by atoms with Crippen LogP contribution in [-0.4, -0.2) is 18.1 Å². The molecule has 2 rings (SSSR count). The van der Waals surface area contributed by atoms with Crippen LogP contribution in [0.1, 0.15) is 50.2 Å². The smallest absolute Gasteiger partial charge is 0.260 e. The molecule has 0 radical (unpaired) electrons. The number of ether oxygens (including phenoxy) is 1. The van der Waals surface area contributed by atoms with Crippen LogP contribution in [0.2, 0.25) is 0 Å². The van der Waals surface area contributed by atoms with Crippen molar-refractivity contribution in [3.8, 4) is 5.75 Å². The third-order valence-corrected chi connectivity index (χ3v) is 3.97. The third kappa shape index (κ3) is 3.99. The highest BCUT2D eigenvalue weighted by atomic mass is 16.5. The molecule has 1 amide bonds. The lowest BCUT2D eigenvalue weighted by atomic mass is 9.95. The summed E-state index contributed by atoms with van der Waals surface area (Å²) < 4.78 is 5.82. The minimum atomic E-state index is -0.447. The Bertz CT molecular complexity index is 464. The van der Waals surface area contributed by atoms with Crippen molar-refractivity contribution in [3.05, 3.63) is 29.3 Å². The minimum absolute atomic E-state index is 0.00203. The molecule has 0 unspecified atom stereocenters. The lowest BCUT2D eigenvalue weighted by Crippen LogP contribution is -2.43. The van der Waals surface area contributed by atoms with Gasteiger partial charge in [0.1, 0.15) is 5.75 Å². The maximum atomic E-state index is 12.2. The number of amides is 1.